The molecule has 1 aliphatic heterocycles. The minimum Gasteiger partial charge on any atom is -0.374 e. The number of rotatable bonds is 46. The van der Waals surface area contributed by atoms with Gasteiger partial charge in [0.1, 0.15) is 0 Å². The van der Waals surface area contributed by atoms with Crippen LogP contribution in [0.3, 0.4) is 0 Å². The van der Waals surface area contributed by atoms with Crippen molar-refractivity contribution in [2.75, 3.05) is 130 Å². The lowest BCUT2D eigenvalue weighted by Crippen LogP contribution is -2.46. The molecule has 19 nitrogen and oxygen atoms in total. The van der Waals surface area contributed by atoms with Gasteiger partial charge >= 0.3 is 44.0 Å². The Hall–Kier alpha value is 0.424. The molecular weight excluding hydrogens is 1070 g/mol. The normalized spacial score (nSPS) is 13.6. The van der Waals surface area contributed by atoms with Crippen molar-refractivity contribution in [3.8, 4) is 0 Å². The second-order valence-corrected chi connectivity index (χ2v) is 29.5. The minimum absolute atomic E-state index is 0.415. The zero-order valence-corrected chi connectivity index (χ0v) is 55.2. The molecule has 0 bridgehead atoms. The van der Waals surface area contributed by atoms with Gasteiger partial charge in [-0.3, -0.25) is 0 Å². The van der Waals surface area contributed by atoms with Gasteiger partial charge in [-0.1, -0.05) is 0 Å². The number of epoxide rings is 1. The summed E-state index contributed by atoms with van der Waals surface area (Å²) in [6.45, 7) is 40.8. The molecule has 1 fully saturated rings. The first-order valence-electron chi connectivity index (χ1n) is 27.3. The van der Waals surface area contributed by atoms with Crippen LogP contribution in [-0.4, -0.2) is 187 Å². The average Bonchev–Trinajstić information content (AvgIpc) is 4.20. The topological polar surface area (TPSA) is 206 Å². The van der Waals surface area contributed by atoms with Gasteiger partial charge in [-0.05, 0) is 148 Å². The number of nitrogens with zero attached hydrogens (tertiary/aromatic N) is 1. The molecule has 1 rings (SSSR count). The number of nitrogens with two attached hydrogens (primary N) is 1. The zero-order valence-electron chi connectivity index (χ0n) is 48.6. The fraction of sp³-hybridized carbons (Fsp3) is 0.979. The van der Waals surface area contributed by atoms with Crippen molar-refractivity contribution < 1.29 is 75.9 Å². The number of carbonyl (C=O) groups excluding carboxylic acids is 1. The van der Waals surface area contributed by atoms with Gasteiger partial charge in [0, 0.05) is 135 Å². The van der Waals surface area contributed by atoms with Crippen molar-refractivity contribution in [1.29, 1.82) is 0 Å². The van der Waals surface area contributed by atoms with E-state index in [1.165, 1.54) is 6.08 Å². The van der Waals surface area contributed by atoms with E-state index in [0.29, 0.717) is 130 Å². The number of hydrogen-bond donors (Lipinski definition) is 2. The summed E-state index contributed by atoms with van der Waals surface area (Å²) in [4.78, 5) is 13.4. The van der Waals surface area contributed by atoms with Crippen molar-refractivity contribution >= 4 is 74.3 Å². The molecule has 0 aromatic carbocycles. The molecule has 0 radical (unpaired) electrons. The summed E-state index contributed by atoms with van der Waals surface area (Å²) >= 11 is 9.86. The molecule has 1 saturated heterocycles. The highest BCUT2D eigenvalue weighted by Crippen LogP contribution is 2.25. The largest absolute Gasteiger partial charge is 0.501 e. The molecule has 0 saturated carbocycles. The third-order valence-electron chi connectivity index (χ3n) is 9.40. The lowest BCUT2D eigenvalue weighted by atomic mass is 10.4. The van der Waals surface area contributed by atoms with E-state index in [4.69, 9.17) is 88.5 Å². The van der Waals surface area contributed by atoms with E-state index in [1.54, 1.807) is 0 Å². The van der Waals surface area contributed by atoms with Gasteiger partial charge in [-0.15, -0.1) is 11.6 Å². The molecule has 1 atom stereocenters. The molecule has 0 aromatic heterocycles. The van der Waals surface area contributed by atoms with E-state index in [1.807, 2.05) is 104 Å². The quantitative estimate of drug-likeness (QED) is 0.0111. The van der Waals surface area contributed by atoms with Gasteiger partial charge in [0.2, 0.25) is 6.08 Å². The number of thiol groups is 1. The number of halogens is 1. The van der Waals surface area contributed by atoms with Gasteiger partial charge in [0.15, 0.2) is 0 Å². The van der Waals surface area contributed by atoms with Crippen LogP contribution in [0.25, 0.3) is 0 Å². The minimum atomic E-state index is -2.54. The van der Waals surface area contributed by atoms with E-state index < -0.39 is 44.0 Å². The summed E-state index contributed by atoms with van der Waals surface area (Å²) in [7, 11) is -12.1. The Labute approximate surface area is 461 Å². The van der Waals surface area contributed by atoms with E-state index in [9.17, 15) is 4.79 Å². The smallest absolute Gasteiger partial charge is 0.374 e. The molecule has 0 spiro atoms. The maximum absolute atomic E-state index is 9.93. The van der Waals surface area contributed by atoms with Crippen molar-refractivity contribution in [2.24, 2.45) is 10.7 Å². The van der Waals surface area contributed by atoms with E-state index in [-0.39, 0.29) is 0 Å². The van der Waals surface area contributed by atoms with Crippen LogP contribution in [0.1, 0.15) is 136 Å². The highest BCUT2D eigenvalue weighted by Gasteiger charge is 2.43. The molecule has 73 heavy (non-hydrogen) atoms. The second kappa shape index (κ2) is 55.7. The zero-order chi connectivity index (χ0) is 56.0. The van der Waals surface area contributed by atoms with Crippen LogP contribution in [0.15, 0.2) is 4.99 Å². The molecule has 0 amide bonds. The molecule has 26 heteroatoms. The number of alkyl halides is 1. The predicted octanol–water partition coefficient (Wildman–Crippen LogP) is 9.99. The first-order chi connectivity index (χ1) is 35.2. The van der Waals surface area contributed by atoms with Gasteiger partial charge < -0.3 is 76.9 Å². The highest BCUT2D eigenvalue weighted by molar-refractivity contribution is 7.80. The van der Waals surface area contributed by atoms with Gasteiger partial charge in [0.25, 0.3) is 0 Å². The molecule has 0 aliphatic carbocycles. The van der Waals surface area contributed by atoms with Crippen LogP contribution in [-0.2, 0) is 75.9 Å². The summed E-state index contributed by atoms with van der Waals surface area (Å²) in [6, 6.07) is 4.05. The predicted molar refractivity (Wildman–Crippen MR) is 307 cm³/mol. The van der Waals surface area contributed by atoms with Crippen LogP contribution in [0.4, 0.5) is 0 Å². The molecule has 1 heterocycles. The SMILES string of the molecule is CCO[Si](CCC1CO1)(OCC)OCC.CCO[Si](CCCCl)(OCC)OCC.CCO[Si](CCCN)(OCC)OCC.CCO[Si](CCCN=C=O)(OCC)OCC.CCO[Si](CCCS)(OCC)OCC. The van der Waals surface area contributed by atoms with E-state index in [2.05, 4.69) is 17.6 Å². The van der Waals surface area contributed by atoms with Crippen molar-refractivity contribution in [2.45, 2.75) is 172 Å². The van der Waals surface area contributed by atoms with Crippen LogP contribution in [0, 0.1) is 0 Å². The fourth-order valence-electron chi connectivity index (χ4n) is 6.90. The van der Waals surface area contributed by atoms with Crippen LogP contribution >= 0.6 is 24.2 Å². The van der Waals surface area contributed by atoms with E-state index >= 15 is 0 Å². The maximum Gasteiger partial charge on any atom is 0.501 e. The molecule has 0 aromatic rings. The standard InChI is InChI=1S/C10H21NO4Si.C10H22O4Si.C9H21ClO3Si.C9H23NO3Si.C9H22O3SSi/c1-4-13-16(14-5-2,15-6-3)9-7-8-11-10-12;1-4-12-15(13-5-2,14-6-3)8-7-10-9-11-10;2*1-4-11-14(12-5-2,13-6-3)9-7-8-10;1-4-10-14(11-5-2,12-6-3)9-7-8-13/h4-9H2,1-3H3;10H,4-9H2,1-3H3;4-9H2,1-3H3;4-10H2,1-3H3;13H,4-9H2,1-3H3. The first kappa shape index (κ1) is 79.9. The van der Waals surface area contributed by atoms with Gasteiger partial charge in [-0.25, -0.2) is 9.79 Å². The highest BCUT2D eigenvalue weighted by atomic mass is 35.5. The Bertz CT molecular complexity index is 1050. The molecule has 2 N–H and O–H groups in total. The fourth-order valence-corrected chi connectivity index (χ4v) is 20.8. The third kappa shape index (κ3) is 43.0. The number of isocyanates is 1. The van der Waals surface area contributed by atoms with Gasteiger partial charge in [-0.2, -0.15) is 12.6 Å². The monoisotopic (exact) mass is 1180 g/mol. The lowest BCUT2D eigenvalue weighted by Gasteiger charge is -2.28. The lowest BCUT2D eigenvalue weighted by molar-refractivity contribution is 0.0696. The first-order valence-corrected chi connectivity index (χ1v) is 38.2. The molecule has 1 aliphatic rings. The van der Waals surface area contributed by atoms with Crippen LogP contribution < -0.4 is 5.73 Å². The Morgan fingerprint density at radius 2 is 0.699 bits per heavy atom. The second-order valence-electron chi connectivity index (χ2n) is 15.0. The molecular formula is C47H109ClN2O17SSi5. The van der Waals surface area contributed by atoms with Crippen molar-refractivity contribution in [3.63, 3.8) is 0 Å². The van der Waals surface area contributed by atoms with E-state index in [0.717, 1.165) is 68.6 Å². The Morgan fingerprint density at radius 1 is 0.452 bits per heavy atom. The summed E-state index contributed by atoms with van der Waals surface area (Å²) in [5.41, 5.74) is 5.48. The average molecular weight is 1180 g/mol. The third-order valence-corrected chi connectivity index (χ3v) is 25.7. The summed E-state index contributed by atoms with van der Waals surface area (Å²) in [6.07, 6.45) is 6.41. The summed E-state index contributed by atoms with van der Waals surface area (Å²) in [5.74, 6) is 1.48. The maximum atomic E-state index is 9.93. The van der Waals surface area contributed by atoms with Crippen LogP contribution in [0.2, 0.25) is 30.2 Å². The van der Waals surface area contributed by atoms with Crippen LogP contribution in [0.5, 0.6) is 0 Å². The molecule has 442 valence electrons. The van der Waals surface area contributed by atoms with Crippen molar-refractivity contribution in [1.82, 2.24) is 0 Å². The Balaban J connectivity index is -0.000000408. The number of hydrogen-bond acceptors (Lipinski definition) is 20. The summed E-state index contributed by atoms with van der Waals surface area (Å²) < 4.78 is 90.2. The Morgan fingerprint density at radius 3 is 0.918 bits per heavy atom. The number of aliphatic imine (C=N–C) groups is 1. The summed E-state index contributed by atoms with van der Waals surface area (Å²) in [5, 5.41) is 0. The molecule has 1 unspecified atom stereocenters. The number of ether oxygens (including phenoxy) is 1. The van der Waals surface area contributed by atoms with Crippen molar-refractivity contribution in [3.05, 3.63) is 0 Å². The Kier molecular flexibility index (Phi) is 61.0. The van der Waals surface area contributed by atoms with Gasteiger partial charge in [0.05, 0.1) is 19.3 Å².